The van der Waals surface area contributed by atoms with E-state index in [1.165, 1.54) is 25.0 Å². The van der Waals surface area contributed by atoms with Crippen molar-refractivity contribution in [3.8, 4) is 0 Å². The fourth-order valence-electron chi connectivity index (χ4n) is 3.07. The highest BCUT2D eigenvalue weighted by Gasteiger charge is 2.29. The van der Waals surface area contributed by atoms with Crippen LogP contribution in [0.3, 0.4) is 0 Å². The Labute approximate surface area is 117 Å². The molecule has 2 aliphatic heterocycles. The number of aliphatic carboxylic acids is 1. The summed E-state index contributed by atoms with van der Waals surface area (Å²) in [5, 5.41) is 9.93. The maximum absolute atomic E-state index is 11.3. The number of aryl methyl sites for hydroxylation is 1. The smallest absolute Gasteiger partial charge is 0.314 e. The molecule has 0 aromatic carbocycles. The van der Waals surface area contributed by atoms with Crippen molar-refractivity contribution in [2.75, 3.05) is 5.75 Å². The van der Waals surface area contributed by atoms with Gasteiger partial charge in [-0.1, -0.05) is 6.42 Å². The summed E-state index contributed by atoms with van der Waals surface area (Å²) in [6.07, 6.45) is 8.68. The highest BCUT2D eigenvalue weighted by molar-refractivity contribution is 7.99. The van der Waals surface area contributed by atoms with Crippen molar-refractivity contribution in [2.45, 2.75) is 56.2 Å². The SMILES string of the molecule is O=C(O)C1CCCn2cc(CC3CCCCS3)nc21. The molecule has 3 rings (SSSR count). The van der Waals surface area contributed by atoms with Gasteiger partial charge in [-0.3, -0.25) is 4.79 Å². The van der Waals surface area contributed by atoms with Gasteiger partial charge in [0.05, 0.1) is 5.69 Å². The van der Waals surface area contributed by atoms with E-state index >= 15 is 0 Å². The lowest BCUT2D eigenvalue weighted by Gasteiger charge is -2.19. The molecule has 0 radical (unpaired) electrons. The standard InChI is InChI=1S/C14H20N2O2S/c17-14(18)12-5-3-6-16-9-10(15-13(12)16)8-11-4-1-2-7-19-11/h9,11-12H,1-8H2,(H,17,18). The highest BCUT2D eigenvalue weighted by atomic mass is 32.2. The zero-order chi connectivity index (χ0) is 13.2. The third-order valence-corrected chi connectivity index (χ3v) is 5.47. The molecule has 1 aromatic rings. The van der Waals surface area contributed by atoms with Gasteiger partial charge in [0.2, 0.25) is 0 Å². The Morgan fingerprint density at radius 1 is 1.42 bits per heavy atom. The summed E-state index contributed by atoms with van der Waals surface area (Å²) < 4.78 is 2.06. The molecular weight excluding hydrogens is 260 g/mol. The van der Waals surface area contributed by atoms with Crippen LogP contribution in [0.25, 0.3) is 0 Å². The summed E-state index contributed by atoms with van der Waals surface area (Å²) in [7, 11) is 0. The minimum absolute atomic E-state index is 0.401. The van der Waals surface area contributed by atoms with Crippen LogP contribution in [-0.2, 0) is 17.8 Å². The monoisotopic (exact) mass is 280 g/mol. The van der Waals surface area contributed by atoms with Gasteiger partial charge < -0.3 is 9.67 Å². The van der Waals surface area contributed by atoms with Crippen molar-refractivity contribution in [1.29, 1.82) is 0 Å². The number of hydrogen-bond donors (Lipinski definition) is 1. The molecule has 0 spiro atoms. The van der Waals surface area contributed by atoms with Crippen LogP contribution in [0, 0.1) is 0 Å². The van der Waals surface area contributed by atoms with E-state index in [-0.39, 0.29) is 0 Å². The number of carboxylic acid groups (broad SMARTS) is 1. The van der Waals surface area contributed by atoms with E-state index < -0.39 is 11.9 Å². The van der Waals surface area contributed by atoms with Gasteiger partial charge in [-0.25, -0.2) is 4.98 Å². The first-order chi connectivity index (χ1) is 9.24. The molecule has 4 nitrogen and oxygen atoms in total. The Morgan fingerprint density at radius 3 is 3.05 bits per heavy atom. The van der Waals surface area contributed by atoms with Gasteiger partial charge in [-0.05, 0) is 31.4 Å². The average Bonchev–Trinajstić information content (AvgIpc) is 2.81. The lowest BCUT2D eigenvalue weighted by Crippen LogP contribution is -2.22. The Hall–Kier alpha value is -0.970. The number of carbonyl (C=O) groups is 1. The zero-order valence-corrected chi connectivity index (χ0v) is 11.9. The average molecular weight is 280 g/mol. The molecule has 104 valence electrons. The van der Waals surface area contributed by atoms with Crippen LogP contribution in [-0.4, -0.2) is 31.6 Å². The van der Waals surface area contributed by atoms with E-state index in [2.05, 4.69) is 15.7 Å². The molecule has 0 saturated carbocycles. The van der Waals surface area contributed by atoms with E-state index in [0.717, 1.165) is 37.3 Å². The van der Waals surface area contributed by atoms with Gasteiger partial charge in [0.15, 0.2) is 0 Å². The molecule has 0 amide bonds. The second-order valence-corrected chi connectivity index (χ2v) is 6.92. The minimum Gasteiger partial charge on any atom is -0.481 e. The van der Waals surface area contributed by atoms with E-state index in [1.807, 2.05) is 11.8 Å². The summed E-state index contributed by atoms with van der Waals surface area (Å²) in [4.78, 5) is 15.9. The normalized spacial score (nSPS) is 26.9. The van der Waals surface area contributed by atoms with Crippen LogP contribution >= 0.6 is 11.8 Å². The second kappa shape index (κ2) is 5.57. The van der Waals surface area contributed by atoms with Crippen molar-refractivity contribution in [1.82, 2.24) is 9.55 Å². The first-order valence-corrected chi connectivity index (χ1v) is 8.19. The number of carboxylic acids is 1. The maximum Gasteiger partial charge on any atom is 0.314 e. The van der Waals surface area contributed by atoms with Crippen LogP contribution < -0.4 is 0 Å². The number of aromatic nitrogens is 2. The summed E-state index contributed by atoms with van der Waals surface area (Å²) >= 11 is 2.05. The molecule has 2 aliphatic rings. The molecule has 0 bridgehead atoms. The van der Waals surface area contributed by atoms with Crippen LogP contribution in [0.2, 0.25) is 0 Å². The topological polar surface area (TPSA) is 55.1 Å². The Morgan fingerprint density at radius 2 is 2.32 bits per heavy atom. The highest BCUT2D eigenvalue weighted by Crippen LogP contribution is 2.30. The molecule has 1 saturated heterocycles. The number of nitrogens with zero attached hydrogens (tertiary/aromatic N) is 2. The fourth-order valence-corrected chi connectivity index (χ4v) is 4.40. The Kier molecular flexibility index (Phi) is 3.82. The molecule has 2 atom stereocenters. The van der Waals surface area contributed by atoms with Crippen LogP contribution in [0.5, 0.6) is 0 Å². The summed E-state index contributed by atoms with van der Waals surface area (Å²) in [5.41, 5.74) is 1.09. The quantitative estimate of drug-likeness (QED) is 0.925. The van der Waals surface area contributed by atoms with E-state index in [1.54, 1.807) is 0 Å². The molecular formula is C14H20N2O2S. The van der Waals surface area contributed by atoms with Crippen molar-refractivity contribution >= 4 is 17.7 Å². The first kappa shape index (κ1) is 13.0. The third-order valence-electron chi connectivity index (χ3n) is 4.07. The lowest BCUT2D eigenvalue weighted by molar-refractivity contribution is -0.139. The number of thioether (sulfide) groups is 1. The van der Waals surface area contributed by atoms with Gasteiger partial charge in [-0.15, -0.1) is 0 Å². The summed E-state index contributed by atoms with van der Waals surface area (Å²) in [6.45, 7) is 0.921. The van der Waals surface area contributed by atoms with Crippen molar-refractivity contribution in [2.24, 2.45) is 0 Å². The molecule has 1 N–H and O–H groups in total. The van der Waals surface area contributed by atoms with Gasteiger partial charge >= 0.3 is 5.97 Å². The minimum atomic E-state index is -0.731. The number of hydrogen-bond acceptors (Lipinski definition) is 3. The van der Waals surface area contributed by atoms with Gasteiger partial charge in [-0.2, -0.15) is 11.8 Å². The van der Waals surface area contributed by atoms with Crippen molar-refractivity contribution in [3.63, 3.8) is 0 Å². The number of rotatable bonds is 3. The summed E-state index contributed by atoms with van der Waals surface area (Å²) in [6, 6.07) is 0. The van der Waals surface area contributed by atoms with Crippen LogP contribution in [0.1, 0.15) is 49.5 Å². The molecule has 1 aromatic heterocycles. The molecule has 1 fully saturated rings. The third kappa shape index (κ3) is 2.81. The molecule has 2 unspecified atom stereocenters. The van der Waals surface area contributed by atoms with E-state index in [9.17, 15) is 9.90 Å². The number of fused-ring (bicyclic) bond motifs is 1. The Balaban J connectivity index is 1.75. The van der Waals surface area contributed by atoms with Crippen molar-refractivity contribution < 1.29 is 9.90 Å². The van der Waals surface area contributed by atoms with Crippen LogP contribution in [0.4, 0.5) is 0 Å². The molecule has 5 heteroatoms. The maximum atomic E-state index is 11.3. The first-order valence-electron chi connectivity index (χ1n) is 7.14. The van der Waals surface area contributed by atoms with Gasteiger partial charge in [0, 0.05) is 24.4 Å². The molecule has 0 aliphatic carbocycles. The van der Waals surface area contributed by atoms with E-state index in [0.29, 0.717) is 5.25 Å². The molecule has 19 heavy (non-hydrogen) atoms. The van der Waals surface area contributed by atoms with E-state index in [4.69, 9.17) is 0 Å². The Bertz CT molecular complexity index is 466. The predicted octanol–water partition coefficient (Wildman–Crippen LogP) is 2.67. The molecule has 3 heterocycles. The zero-order valence-electron chi connectivity index (χ0n) is 11.0. The fraction of sp³-hybridized carbons (Fsp3) is 0.714. The largest absolute Gasteiger partial charge is 0.481 e. The van der Waals surface area contributed by atoms with Crippen molar-refractivity contribution in [3.05, 3.63) is 17.7 Å². The second-order valence-electron chi connectivity index (χ2n) is 5.51. The van der Waals surface area contributed by atoms with Gasteiger partial charge in [0.25, 0.3) is 0 Å². The number of imidazole rings is 1. The van der Waals surface area contributed by atoms with Crippen LogP contribution in [0.15, 0.2) is 6.20 Å². The van der Waals surface area contributed by atoms with Gasteiger partial charge in [0.1, 0.15) is 11.7 Å². The lowest BCUT2D eigenvalue weighted by atomic mass is 9.99. The summed E-state index contributed by atoms with van der Waals surface area (Å²) in [5.74, 6) is 0.900. The predicted molar refractivity (Wildman–Crippen MR) is 75.6 cm³/mol.